The zero-order valence-corrected chi connectivity index (χ0v) is 14.8. The number of carbonyl (C=O) groups excluding carboxylic acids is 2. The summed E-state index contributed by atoms with van der Waals surface area (Å²) in [6.07, 6.45) is 1.06. The van der Waals surface area contributed by atoms with E-state index in [4.69, 9.17) is 0 Å². The van der Waals surface area contributed by atoms with Gasteiger partial charge >= 0.3 is 0 Å². The molecule has 1 aromatic carbocycles. The van der Waals surface area contributed by atoms with Crippen molar-refractivity contribution in [2.75, 3.05) is 19.6 Å². The van der Waals surface area contributed by atoms with Crippen LogP contribution in [-0.4, -0.2) is 47.6 Å². The van der Waals surface area contributed by atoms with E-state index in [1.807, 2.05) is 45.0 Å². The highest BCUT2D eigenvalue weighted by molar-refractivity contribution is 5.94. The first kappa shape index (κ1) is 18.5. The largest absolute Gasteiger partial charge is 0.391 e. The van der Waals surface area contributed by atoms with Crippen molar-refractivity contribution in [1.29, 1.82) is 0 Å². The monoisotopic (exact) mass is 332 g/mol. The van der Waals surface area contributed by atoms with Gasteiger partial charge in [0.05, 0.1) is 12.0 Å². The molecule has 5 heteroatoms. The molecule has 0 radical (unpaired) electrons. The SMILES string of the molecule is Cc1ccc(C(=O)N2CCCC(C(=O)NCC(O)C(C)C)C2)cc1. The van der Waals surface area contributed by atoms with Crippen molar-refractivity contribution in [2.45, 2.75) is 39.7 Å². The lowest BCUT2D eigenvalue weighted by molar-refractivity contribution is -0.126. The topological polar surface area (TPSA) is 69.6 Å². The number of carbonyl (C=O) groups is 2. The van der Waals surface area contributed by atoms with Crippen LogP contribution in [-0.2, 0) is 4.79 Å². The average molecular weight is 332 g/mol. The zero-order valence-electron chi connectivity index (χ0n) is 14.8. The first-order chi connectivity index (χ1) is 11.4. The van der Waals surface area contributed by atoms with Gasteiger partial charge in [0.15, 0.2) is 0 Å². The number of hydrogen-bond acceptors (Lipinski definition) is 3. The fourth-order valence-electron chi connectivity index (χ4n) is 2.84. The lowest BCUT2D eigenvalue weighted by Gasteiger charge is -2.32. The number of rotatable bonds is 5. The van der Waals surface area contributed by atoms with Gasteiger partial charge in [-0.1, -0.05) is 31.5 Å². The second kappa shape index (κ2) is 8.29. The molecule has 132 valence electrons. The van der Waals surface area contributed by atoms with Gasteiger partial charge in [-0.3, -0.25) is 9.59 Å². The Balaban J connectivity index is 1.92. The Morgan fingerprint density at radius 3 is 2.58 bits per heavy atom. The predicted octanol–water partition coefficient (Wildman–Crippen LogP) is 1.98. The lowest BCUT2D eigenvalue weighted by Crippen LogP contribution is -2.47. The number of likely N-dealkylation sites (tertiary alicyclic amines) is 1. The third kappa shape index (κ3) is 4.81. The van der Waals surface area contributed by atoms with Crippen LogP contribution in [0.25, 0.3) is 0 Å². The van der Waals surface area contributed by atoms with E-state index in [2.05, 4.69) is 5.32 Å². The van der Waals surface area contributed by atoms with E-state index in [1.54, 1.807) is 4.90 Å². The third-order valence-corrected chi connectivity index (χ3v) is 4.63. The van der Waals surface area contributed by atoms with Crippen LogP contribution in [0.15, 0.2) is 24.3 Å². The Morgan fingerprint density at radius 2 is 1.96 bits per heavy atom. The van der Waals surface area contributed by atoms with Gasteiger partial charge in [-0.25, -0.2) is 0 Å². The van der Waals surface area contributed by atoms with E-state index in [9.17, 15) is 14.7 Å². The quantitative estimate of drug-likeness (QED) is 0.866. The van der Waals surface area contributed by atoms with Crippen LogP contribution in [0, 0.1) is 18.8 Å². The van der Waals surface area contributed by atoms with Crippen molar-refractivity contribution >= 4 is 11.8 Å². The van der Waals surface area contributed by atoms with Crippen LogP contribution in [0.4, 0.5) is 0 Å². The molecule has 0 spiro atoms. The van der Waals surface area contributed by atoms with Gasteiger partial charge < -0.3 is 15.3 Å². The molecule has 1 aliphatic heterocycles. The minimum absolute atomic E-state index is 0.0188. The predicted molar refractivity (Wildman–Crippen MR) is 93.7 cm³/mol. The summed E-state index contributed by atoms with van der Waals surface area (Å²) in [5, 5.41) is 12.6. The second-order valence-corrected chi connectivity index (χ2v) is 7.01. The van der Waals surface area contributed by atoms with Crippen LogP contribution < -0.4 is 5.32 Å². The third-order valence-electron chi connectivity index (χ3n) is 4.63. The normalized spacial score (nSPS) is 19.2. The Kier molecular flexibility index (Phi) is 6.37. The Morgan fingerprint density at radius 1 is 1.29 bits per heavy atom. The number of benzene rings is 1. The first-order valence-corrected chi connectivity index (χ1v) is 8.70. The molecule has 1 fully saturated rings. The standard InChI is InChI=1S/C19H28N2O3/c1-13(2)17(22)11-20-18(23)16-5-4-10-21(12-16)19(24)15-8-6-14(3)7-9-15/h6-9,13,16-17,22H,4-5,10-12H2,1-3H3,(H,20,23). The van der Waals surface area contributed by atoms with Gasteiger partial charge in [-0.2, -0.15) is 0 Å². The van der Waals surface area contributed by atoms with Crippen molar-refractivity contribution in [1.82, 2.24) is 10.2 Å². The van der Waals surface area contributed by atoms with E-state index in [-0.39, 0.29) is 30.2 Å². The molecule has 0 saturated carbocycles. The summed E-state index contributed by atoms with van der Waals surface area (Å²) in [7, 11) is 0. The molecule has 2 amide bonds. The van der Waals surface area contributed by atoms with Crippen LogP contribution in [0.1, 0.15) is 42.6 Å². The van der Waals surface area contributed by atoms with Crippen molar-refractivity contribution in [2.24, 2.45) is 11.8 Å². The van der Waals surface area contributed by atoms with Crippen LogP contribution >= 0.6 is 0 Å². The number of nitrogens with one attached hydrogen (secondary N) is 1. The van der Waals surface area contributed by atoms with Gasteiger partial charge in [0.1, 0.15) is 0 Å². The fourth-order valence-corrected chi connectivity index (χ4v) is 2.84. The van der Waals surface area contributed by atoms with Gasteiger partial charge in [0.25, 0.3) is 5.91 Å². The molecule has 2 N–H and O–H groups in total. The van der Waals surface area contributed by atoms with E-state index in [0.717, 1.165) is 18.4 Å². The maximum absolute atomic E-state index is 12.6. The van der Waals surface area contributed by atoms with Crippen molar-refractivity contribution in [3.8, 4) is 0 Å². The molecule has 2 rings (SSSR count). The van der Waals surface area contributed by atoms with Crippen molar-refractivity contribution < 1.29 is 14.7 Å². The molecular formula is C19H28N2O3. The summed E-state index contributed by atoms with van der Waals surface area (Å²) in [4.78, 5) is 26.7. The Bertz CT molecular complexity index is 568. The van der Waals surface area contributed by atoms with Gasteiger partial charge in [-0.15, -0.1) is 0 Å². The smallest absolute Gasteiger partial charge is 0.253 e. The summed E-state index contributed by atoms with van der Waals surface area (Å²) in [6.45, 7) is 7.21. The number of aliphatic hydroxyl groups is 1. The van der Waals surface area contributed by atoms with Gasteiger partial charge in [-0.05, 0) is 37.8 Å². The van der Waals surface area contributed by atoms with E-state index in [1.165, 1.54) is 0 Å². The summed E-state index contributed by atoms with van der Waals surface area (Å²) in [6, 6.07) is 7.52. The number of aryl methyl sites for hydroxylation is 1. The summed E-state index contributed by atoms with van der Waals surface area (Å²) in [5.41, 5.74) is 1.78. The highest BCUT2D eigenvalue weighted by atomic mass is 16.3. The lowest BCUT2D eigenvalue weighted by atomic mass is 9.96. The molecule has 5 nitrogen and oxygen atoms in total. The maximum Gasteiger partial charge on any atom is 0.253 e. The molecule has 2 atom stereocenters. The maximum atomic E-state index is 12.6. The highest BCUT2D eigenvalue weighted by Crippen LogP contribution is 2.19. The van der Waals surface area contributed by atoms with E-state index < -0.39 is 6.10 Å². The van der Waals surface area contributed by atoms with Crippen LogP contribution in [0.5, 0.6) is 0 Å². The fraction of sp³-hybridized carbons (Fsp3) is 0.579. The molecule has 0 aliphatic carbocycles. The number of nitrogens with zero attached hydrogens (tertiary/aromatic N) is 1. The highest BCUT2D eigenvalue weighted by Gasteiger charge is 2.29. The van der Waals surface area contributed by atoms with Crippen LogP contribution in [0.2, 0.25) is 0 Å². The molecule has 2 unspecified atom stereocenters. The zero-order chi connectivity index (χ0) is 17.7. The summed E-state index contributed by atoms with van der Waals surface area (Å²) < 4.78 is 0. The minimum atomic E-state index is -0.539. The summed E-state index contributed by atoms with van der Waals surface area (Å²) in [5.74, 6) is -0.186. The number of piperidine rings is 1. The number of hydrogen-bond donors (Lipinski definition) is 2. The molecule has 1 aliphatic rings. The Hall–Kier alpha value is -1.88. The minimum Gasteiger partial charge on any atom is -0.391 e. The Labute approximate surface area is 144 Å². The van der Waals surface area contributed by atoms with Gasteiger partial charge in [0, 0.05) is 25.2 Å². The number of aliphatic hydroxyl groups excluding tert-OH is 1. The van der Waals surface area contributed by atoms with Crippen molar-refractivity contribution in [3.63, 3.8) is 0 Å². The first-order valence-electron chi connectivity index (χ1n) is 8.70. The average Bonchev–Trinajstić information content (AvgIpc) is 2.59. The number of amides is 2. The molecule has 1 heterocycles. The van der Waals surface area contributed by atoms with Crippen molar-refractivity contribution in [3.05, 3.63) is 35.4 Å². The van der Waals surface area contributed by atoms with Crippen LogP contribution in [0.3, 0.4) is 0 Å². The summed E-state index contributed by atoms with van der Waals surface area (Å²) >= 11 is 0. The molecule has 1 saturated heterocycles. The van der Waals surface area contributed by atoms with Gasteiger partial charge in [0.2, 0.25) is 5.91 Å². The molecule has 0 aromatic heterocycles. The second-order valence-electron chi connectivity index (χ2n) is 7.01. The van der Waals surface area contributed by atoms with E-state index in [0.29, 0.717) is 18.7 Å². The molecule has 0 bridgehead atoms. The molecular weight excluding hydrogens is 304 g/mol. The molecule has 1 aromatic rings. The molecule has 24 heavy (non-hydrogen) atoms. The van der Waals surface area contributed by atoms with E-state index >= 15 is 0 Å².